The molecule has 1 heterocycles. The number of rotatable bonds is 5. The Labute approximate surface area is 138 Å². The molecular weight excluding hydrogens is 316 g/mol. The molecule has 1 fully saturated rings. The van der Waals surface area contributed by atoms with Crippen LogP contribution in [0.5, 0.6) is 5.75 Å². The van der Waals surface area contributed by atoms with E-state index in [0.29, 0.717) is 12.3 Å². The quantitative estimate of drug-likeness (QED) is 0.818. The predicted molar refractivity (Wildman–Crippen MR) is 87.8 cm³/mol. The molecule has 1 aliphatic rings. The first-order chi connectivity index (χ1) is 10.8. The lowest BCUT2D eigenvalue weighted by Gasteiger charge is -2.32. The van der Waals surface area contributed by atoms with E-state index in [1.165, 1.54) is 17.0 Å². The molecule has 0 unspecified atom stereocenters. The molecule has 128 valence electrons. The number of hydrogen-bond donors (Lipinski definition) is 0. The van der Waals surface area contributed by atoms with Gasteiger partial charge in [0.1, 0.15) is 5.75 Å². The molecule has 7 heteroatoms. The molecule has 1 aliphatic heterocycles. The third kappa shape index (κ3) is 4.23. The summed E-state index contributed by atoms with van der Waals surface area (Å²) in [5.74, 6) is 0.328. The van der Waals surface area contributed by atoms with Gasteiger partial charge in [0.2, 0.25) is 10.0 Å². The smallest absolute Gasteiger partial charge is 0.259 e. The van der Waals surface area contributed by atoms with Crippen molar-refractivity contribution in [3.8, 4) is 5.75 Å². The number of carbonyl (C=O) groups is 1. The molecule has 0 radical (unpaired) electrons. The van der Waals surface area contributed by atoms with Crippen molar-refractivity contribution in [1.29, 1.82) is 0 Å². The molecule has 1 aromatic rings. The zero-order valence-corrected chi connectivity index (χ0v) is 14.7. The number of amides is 1. The lowest BCUT2D eigenvalue weighted by atomic mass is 10.1. The maximum atomic E-state index is 12.7. The van der Waals surface area contributed by atoms with E-state index in [0.717, 1.165) is 19.3 Å². The van der Waals surface area contributed by atoms with Crippen LogP contribution in [0.4, 0.5) is 0 Å². The van der Waals surface area contributed by atoms with Crippen molar-refractivity contribution in [2.24, 2.45) is 0 Å². The van der Waals surface area contributed by atoms with E-state index in [1.807, 2.05) is 6.92 Å². The number of hydrogen-bond acceptors (Lipinski definition) is 4. The lowest BCUT2D eigenvalue weighted by Crippen LogP contribution is -2.41. The summed E-state index contributed by atoms with van der Waals surface area (Å²) in [5.41, 5.74) is 0. The third-order valence-corrected chi connectivity index (χ3v) is 6.06. The molecule has 0 saturated carbocycles. The van der Waals surface area contributed by atoms with E-state index < -0.39 is 10.0 Å². The summed E-state index contributed by atoms with van der Waals surface area (Å²) in [4.78, 5) is 13.2. The molecule has 6 nitrogen and oxygen atoms in total. The minimum atomic E-state index is -3.47. The first-order valence-electron chi connectivity index (χ1n) is 7.77. The van der Waals surface area contributed by atoms with Crippen LogP contribution in [0.3, 0.4) is 0 Å². The molecule has 0 N–H and O–H groups in total. The summed E-state index contributed by atoms with van der Waals surface area (Å²) in [6.07, 6.45) is 2.87. The summed E-state index contributed by atoms with van der Waals surface area (Å²) < 4.78 is 32.3. The average molecular weight is 340 g/mol. The fourth-order valence-electron chi connectivity index (χ4n) is 2.55. The van der Waals surface area contributed by atoms with Crippen molar-refractivity contribution in [3.63, 3.8) is 0 Å². The number of nitrogens with zero attached hydrogens (tertiary/aromatic N) is 2. The Morgan fingerprint density at radius 2 is 1.91 bits per heavy atom. The van der Waals surface area contributed by atoms with Gasteiger partial charge in [-0.25, -0.2) is 8.42 Å². The van der Waals surface area contributed by atoms with Crippen molar-refractivity contribution in [3.05, 3.63) is 24.3 Å². The first kappa shape index (κ1) is 17.7. The van der Waals surface area contributed by atoms with Crippen molar-refractivity contribution in [2.75, 3.05) is 27.2 Å². The second-order valence-electron chi connectivity index (χ2n) is 6.01. The standard InChI is InChI=1S/C16H24N2O4S/c1-13-6-4-5-11-18(13)23(20,21)15-9-7-14(8-10-15)22-12-16(19)17(2)3/h7-10,13H,4-6,11-12H2,1-3H3/t13-/m1/s1. The summed E-state index contributed by atoms with van der Waals surface area (Å²) in [5, 5.41) is 0. The topological polar surface area (TPSA) is 66.9 Å². The van der Waals surface area contributed by atoms with E-state index in [-0.39, 0.29) is 23.5 Å². The summed E-state index contributed by atoms with van der Waals surface area (Å²) in [6.45, 7) is 2.45. The van der Waals surface area contributed by atoms with E-state index >= 15 is 0 Å². The molecule has 23 heavy (non-hydrogen) atoms. The minimum Gasteiger partial charge on any atom is -0.484 e. The zero-order chi connectivity index (χ0) is 17.0. The van der Waals surface area contributed by atoms with Crippen LogP contribution in [0.2, 0.25) is 0 Å². The van der Waals surface area contributed by atoms with Crippen molar-refractivity contribution in [2.45, 2.75) is 37.1 Å². The Bertz CT molecular complexity index is 641. The summed E-state index contributed by atoms with van der Waals surface area (Å²) in [7, 11) is -0.162. The maximum Gasteiger partial charge on any atom is 0.259 e. The number of sulfonamides is 1. The van der Waals surface area contributed by atoms with Gasteiger partial charge in [-0.3, -0.25) is 4.79 Å². The van der Waals surface area contributed by atoms with Crippen molar-refractivity contribution >= 4 is 15.9 Å². The Kier molecular flexibility index (Phi) is 5.64. The number of benzene rings is 1. The van der Waals surface area contributed by atoms with Crippen LogP contribution in [-0.2, 0) is 14.8 Å². The normalized spacial score (nSPS) is 19.3. The molecule has 1 atom stereocenters. The van der Waals surface area contributed by atoms with Crippen molar-refractivity contribution in [1.82, 2.24) is 9.21 Å². The minimum absolute atomic E-state index is 0.0300. The van der Waals surface area contributed by atoms with Crippen LogP contribution < -0.4 is 4.74 Å². The molecule has 0 aliphatic carbocycles. The molecule has 0 spiro atoms. The van der Waals surface area contributed by atoms with Gasteiger partial charge in [0, 0.05) is 26.7 Å². The van der Waals surface area contributed by atoms with Gasteiger partial charge in [-0.2, -0.15) is 4.31 Å². The second-order valence-corrected chi connectivity index (χ2v) is 7.90. The van der Waals surface area contributed by atoms with Gasteiger partial charge in [-0.15, -0.1) is 0 Å². The molecular formula is C16H24N2O4S. The van der Waals surface area contributed by atoms with E-state index in [9.17, 15) is 13.2 Å². The maximum absolute atomic E-state index is 12.7. The van der Waals surface area contributed by atoms with Gasteiger partial charge in [0.15, 0.2) is 6.61 Å². The highest BCUT2D eigenvalue weighted by Crippen LogP contribution is 2.26. The van der Waals surface area contributed by atoms with Crippen LogP contribution in [0, 0.1) is 0 Å². The van der Waals surface area contributed by atoms with Gasteiger partial charge in [-0.05, 0) is 44.0 Å². The van der Waals surface area contributed by atoms with E-state index in [4.69, 9.17) is 4.74 Å². The summed E-state index contributed by atoms with van der Waals surface area (Å²) in [6, 6.07) is 6.27. The second kappa shape index (κ2) is 7.31. The Morgan fingerprint density at radius 1 is 1.26 bits per heavy atom. The fraction of sp³-hybridized carbons (Fsp3) is 0.562. The monoisotopic (exact) mass is 340 g/mol. The van der Waals surface area contributed by atoms with Crippen LogP contribution in [-0.4, -0.2) is 56.8 Å². The lowest BCUT2D eigenvalue weighted by molar-refractivity contribution is -0.130. The van der Waals surface area contributed by atoms with Crippen LogP contribution in [0.1, 0.15) is 26.2 Å². The number of piperidine rings is 1. The van der Waals surface area contributed by atoms with E-state index in [2.05, 4.69) is 0 Å². The Balaban J connectivity index is 2.07. The van der Waals surface area contributed by atoms with Gasteiger partial charge >= 0.3 is 0 Å². The first-order valence-corrected chi connectivity index (χ1v) is 9.21. The van der Waals surface area contributed by atoms with Gasteiger partial charge in [-0.1, -0.05) is 6.42 Å². The predicted octanol–water partition coefficient (Wildman–Crippen LogP) is 1.72. The molecule has 1 amide bonds. The Hall–Kier alpha value is -1.60. The average Bonchev–Trinajstić information content (AvgIpc) is 2.53. The van der Waals surface area contributed by atoms with Crippen molar-refractivity contribution < 1.29 is 17.9 Å². The third-order valence-electron chi connectivity index (χ3n) is 4.03. The van der Waals surface area contributed by atoms with Gasteiger partial charge < -0.3 is 9.64 Å². The van der Waals surface area contributed by atoms with Gasteiger partial charge in [0.05, 0.1) is 4.90 Å². The van der Waals surface area contributed by atoms with Gasteiger partial charge in [0.25, 0.3) is 5.91 Å². The van der Waals surface area contributed by atoms with Crippen LogP contribution >= 0.6 is 0 Å². The van der Waals surface area contributed by atoms with Crippen LogP contribution in [0.15, 0.2) is 29.2 Å². The molecule has 2 rings (SSSR count). The SMILES string of the molecule is C[C@@H]1CCCCN1S(=O)(=O)c1ccc(OCC(=O)N(C)C)cc1. The number of carbonyl (C=O) groups excluding carboxylic acids is 1. The fourth-order valence-corrected chi connectivity index (χ4v) is 4.25. The molecule has 0 bridgehead atoms. The van der Waals surface area contributed by atoms with E-state index in [1.54, 1.807) is 30.5 Å². The summed E-state index contributed by atoms with van der Waals surface area (Å²) >= 11 is 0. The number of likely N-dealkylation sites (N-methyl/N-ethyl adjacent to an activating group) is 1. The largest absolute Gasteiger partial charge is 0.484 e. The highest BCUT2D eigenvalue weighted by molar-refractivity contribution is 7.89. The number of ether oxygens (including phenoxy) is 1. The van der Waals surface area contributed by atoms with Crippen LogP contribution in [0.25, 0.3) is 0 Å². The molecule has 1 aromatic carbocycles. The highest BCUT2D eigenvalue weighted by Gasteiger charge is 2.30. The molecule has 0 aromatic heterocycles. The highest BCUT2D eigenvalue weighted by atomic mass is 32.2. The molecule has 1 saturated heterocycles. The Morgan fingerprint density at radius 3 is 2.48 bits per heavy atom. The zero-order valence-electron chi connectivity index (χ0n) is 13.9.